The molecule has 0 bridgehead atoms. The first-order valence-electron chi connectivity index (χ1n) is 7.57. The summed E-state index contributed by atoms with van der Waals surface area (Å²) >= 11 is 0. The molecule has 2 aromatic rings. The lowest BCUT2D eigenvalue weighted by molar-refractivity contribution is 0.123. The van der Waals surface area contributed by atoms with Crippen LogP contribution in [0, 0.1) is 6.92 Å². The Morgan fingerprint density at radius 3 is 2.59 bits per heavy atom. The van der Waals surface area contributed by atoms with Gasteiger partial charge < -0.3 is 10.0 Å². The Kier molecular flexibility index (Phi) is 4.09. The average molecular weight is 300 g/mol. The van der Waals surface area contributed by atoms with E-state index < -0.39 is 6.09 Å². The quantitative estimate of drug-likeness (QED) is 0.945. The van der Waals surface area contributed by atoms with Crippen molar-refractivity contribution in [3.8, 4) is 0 Å². The van der Waals surface area contributed by atoms with Crippen LogP contribution >= 0.6 is 0 Å². The number of likely N-dealkylation sites (tertiary alicyclic amines) is 1. The summed E-state index contributed by atoms with van der Waals surface area (Å²) in [4.78, 5) is 17.0. The smallest absolute Gasteiger partial charge is 0.407 e. The SMILES string of the molecule is Cc1nc(Cc2ccccc2)nn1C1CCN(C(=O)O)CC1. The first-order chi connectivity index (χ1) is 10.6. The molecule has 1 aliphatic rings. The molecule has 0 atom stereocenters. The minimum Gasteiger partial charge on any atom is -0.465 e. The molecule has 1 N–H and O–H groups in total. The fourth-order valence-electron chi connectivity index (χ4n) is 2.96. The number of carboxylic acid groups (broad SMARTS) is 1. The van der Waals surface area contributed by atoms with E-state index in [4.69, 9.17) is 5.11 Å². The molecule has 0 aliphatic carbocycles. The minimum atomic E-state index is -0.835. The largest absolute Gasteiger partial charge is 0.465 e. The first kappa shape index (κ1) is 14.6. The van der Waals surface area contributed by atoms with E-state index in [0.717, 1.165) is 30.9 Å². The van der Waals surface area contributed by atoms with Crippen molar-refractivity contribution in [2.24, 2.45) is 0 Å². The monoisotopic (exact) mass is 300 g/mol. The number of nitrogens with zero attached hydrogens (tertiary/aromatic N) is 4. The number of rotatable bonds is 3. The number of hydrogen-bond donors (Lipinski definition) is 1. The van der Waals surface area contributed by atoms with Crippen molar-refractivity contribution in [2.45, 2.75) is 32.2 Å². The molecule has 1 aliphatic heterocycles. The Labute approximate surface area is 129 Å². The second-order valence-electron chi connectivity index (χ2n) is 5.68. The van der Waals surface area contributed by atoms with E-state index in [9.17, 15) is 4.79 Å². The highest BCUT2D eigenvalue weighted by atomic mass is 16.4. The van der Waals surface area contributed by atoms with E-state index in [2.05, 4.69) is 22.2 Å². The predicted octanol–water partition coefficient (Wildman–Crippen LogP) is 2.49. The third-order valence-electron chi connectivity index (χ3n) is 4.13. The maximum absolute atomic E-state index is 11.0. The molecule has 6 heteroatoms. The van der Waals surface area contributed by atoms with Crippen LogP contribution in [0.15, 0.2) is 30.3 Å². The van der Waals surface area contributed by atoms with Crippen LogP contribution in [0.25, 0.3) is 0 Å². The van der Waals surface area contributed by atoms with Gasteiger partial charge in [-0.1, -0.05) is 30.3 Å². The molecule has 0 unspecified atom stereocenters. The van der Waals surface area contributed by atoms with E-state index in [0.29, 0.717) is 13.1 Å². The Hall–Kier alpha value is -2.37. The molecule has 1 fully saturated rings. The summed E-state index contributed by atoms with van der Waals surface area (Å²) in [6, 6.07) is 10.4. The van der Waals surface area contributed by atoms with E-state index in [1.54, 1.807) is 0 Å². The van der Waals surface area contributed by atoms with Crippen molar-refractivity contribution in [1.82, 2.24) is 19.7 Å². The highest BCUT2D eigenvalue weighted by molar-refractivity contribution is 5.65. The Morgan fingerprint density at radius 2 is 1.95 bits per heavy atom. The van der Waals surface area contributed by atoms with Gasteiger partial charge in [0.25, 0.3) is 0 Å². The van der Waals surface area contributed by atoms with Crippen molar-refractivity contribution in [3.05, 3.63) is 47.5 Å². The zero-order chi connectivity index (χ0) is 15.5. The number of carbonyl (C=O) groups is 1. The standard InChI is InChI=1S/C16H20N4O2/c1-12-17-15(11-13-5-3-2-4-6-13)18-20(12)14-7-9-19(10-8-14)16(21)22/h2-6,14H,7-11H2,1H3,(H,21,22). The molecule has 0 radical (unpaired) electrons. The van der Waals surface area contributed by atoms with Crippen LogP contribution < -0.4 is 0 Å². The molecule has 0 spiro atoms. The van der Waals surface area contributed by atoms with Crippen molar-refractivity contribution < 1.29 is 9.90 Å². The molecule has 1 saturated heterocycles. The zero-order valence-electron chi connectivity index (χ0n) is 12.6. The zero-order valence-corrected chi connectivity index (χ0v) is 12.6. The lowest BCUT2D eigenvalue weighted by Gasteiger charge is -2.30. The topological polar surface area (TPSA) is 71.2 Å². The van der Waals surface area contributed by atoms with Crippen LogP contribution in [0.2, 0.25) is 0 Å². The van der Waals surface area contributed by atoms with Gasteiger partial charge >= 0.3 is 6.09 Å². The molecule has 0 saturated carbocycles. The molecule has 22 heavy (non-hydrogen) atoms. The Morgan fingerprint density at radius 1 is 1.27 bits per heavy atom. The first-order valence-corrected chi connectivity index (χ1v) is 7.57. The number of hydrogen-bond acceptors (Lipinski definition) is 3. The number of amides is 1. The van der Waals surface area contributed by atoms with Crippen molar-refractivity contribution in [2.75, 3.05) is 13.1 Å². The molecule has 116 valence electrons. The van der Waals surface area contributed by atoms with Crippen molar-refractivity contribution in [3.63, 3.8) is 0 Å². The van der Waals surface area contributed by atoms with Gasteiger partial charge in [-0.25, -0.2) is 14.5 Å². The number of benzene rings is 1. The molecular formula is C16H20N4O2. The number of aromatic nitrogens is 3. The van der Waals surface area contributed by atoms with Gasteiger partial charge in [0.1, 0.15) is 5.82 Å². The van der Waals surface area contributed by atoms with Gasteiger partial charge in [-0.05, 0) is 25.3 Å². The molecule has 1 amide bonds. The number of piperidine rings is 1. The maximum Gasteiger partial charge on any atom is 0.407 e. The summed E-state index contributed by atoms with van der Waals surface area (Å²) in [5.41, 5.74) is 1.19. The number of aryl methyl sites for hydroxylation is 1. The van der Waals surface area contributed by atoms with E-state index in [-0.39, 0.29) is 6.04 Å². The molecule has 3 rings (SSSR count). The van der Waals surface area contributed by atoms with Gasteiger partial charge in [-0.15, -0.1) is 0 Å². The molecule has 1 aromatic carbocycles. The van der Waals surface area contributed by atoms with Gasteiger partial charge in [-0.3, -0.25) is 0 Å². The second kappa shape index (κ2) is 6.17. The van der Waals surface area contributed by atoms with Crippen molar-refractivity contribution in [1.29, 1.82) is 0 Å². The average Bonchev–Trinajstić information content (AvgIpc) is 2.89. The normalized spacial score (nSPS) is 16.0. The molecule has 6 nitrogen and oxygen atoms in total. The third kappa shape index (κ3) is 3.10. The summed E-state index contributed by atoms with van der Waals surface area (Å²) < 4.78 is 1.97. The van der Waals surface area contributed by atoms with Crippen LogP contribution in [0.1, 0.15) is 36.1 Å². The summed E-state index contributed by atoms with van der Waals surface area (Å²) in [6.45, 7) is 3.09. The van der Waals surface area contributed by atoms with Crippen LogP contribution in [0.4, 0.5) is 4.79 Å². The molecular weight excluding hydrogens is 280 g/mol. The third-order valence-corrected chi connectivity index (χ3v) is 4.13. The summed E-state index contributed by atoms with van der Waals surface area (Å²) in [5.74, 6) is 1.73. The summed E-state index contributed by atoms with van der Waals surface area (Å²) in [5, 5.41) is 13.6. The Balaban J connectivity index is 1.69. The highest BCUT2D eigenvalue weighted by Crippen LogP contribution is 2.23. The van der Waals surface area contributed by atoms with E-state index >= 15 is 0 Å². The highest BCUT2D eigenvalue weighted by Gasteiger charge is 2.25. The molecule has 2 heterocycles. The van der Waals surface area contributed by atoms with Gasteiger partial charge in [0, 0.05) is 19.5 Å². The second-order valence-corrected chi connectivity index (χ2v) is 5.68. The van der Waals surface area contributed by atoms with Gasteiger partial charge in [0.15, 0.2) is 5.82 Å². The fourth-order valence-corrected chi connectivity index (χ4v) is 2.96. The van der Waals surface area contributed by atoms with Crippen molar-refractivity contribution >= 4 is 6.09 Å². The summed E-state index contributed by atoms with van der Waals surface area (Å²) in [6.07, 6.45) is 1.48. The van der Waals surface area contributed by atoms with Gasteiger partial charge in [-0.2, -0.15) is 5.10 Å². The van der Waals surface area contributed by atoms with E-state index in [1.807, 2.05) is 29.8 Å². The van der Waals surface area contributed by atoms with E-state index in [1.165, 1.54) is 10.5 Å². The minimum absolute atomic E-state index is 0.243. The lowest BCUT2D eigenvalue weighted by Crippen LogP contribution is -2.38. The van der Waals surface area contributed by atoms with Crippen LogP contribution in [-0.4, -0.2) is 44.0 Å². The van der Waals surface area contributed by atoms with Crippen LogP contribution in [0.5, 0.6) is 0 Å². The van der Waals surface area contributed by atoms with Crippen LogP contribution in [0.3, 0.4) is 0 Å². The summed E-state index contributed by atoms with van der Waals surface area (Å²) in [7, 11) is 0. The molecule has 1 aromatic heterocycles. The lowest BCUT2D eigenvalue weighted by atomic mass is 10.1. The maximum atomic E-state index is 11.0. The van der Waals surface area contributed by atoms with Gasteiger partial charge in [0.2, 0.25) is 0 Å². The predicted molar refractivity (Wildman–Crippen MR) is 81.9 cm³/mol. The fraction of sp³-hybridized carbons (Fsp3) is 0.438. The van der Waals surface area contributed by atoms with Crippen LogP contribution in [-0.2, 0) is 6.42 Å². The van der Waals surface area contributed by atoms with Gasteiger partial charge in [0.05, 0.1) is 6.04 Å². The Bertz CT molecular complexity index is 645.